The third-order valence-electron chi connectivity index (χ3n) is 3.51. The molecule has 0 fully saturated rings. The molecule has 21 heavy (non-hydrogen) atoms. The normalized spacial score (nSPS) is 10.3. The molecule has 0 amide bonds. The molecule has 0 unspecified atom stereocenters. The van der Waals surface area contributed by atoms with E-state index in [0.29, 0.717) is 17.3 Å². The van der Waals surface area contributed by atoms with Gasteiger partial charge < -0.3 is 14.8 Å². The number of nitrogens with one attached hydrogen (secondary N) is 1. The lowest BCUT2D eigenvalue weighted by molar-refractivity contribution is 0.409. The van der Waals surface area contributed by atoms with Crippen molar-refractivity contribution < 1.29 is 9.47 Å². The Morgan fingerprint density at radius 3 is 2.43 bits per heavy atom. The van der Waals surface area contributed by atoms with Crippen molar-refractivity contribution >= 4 is 17.3 Å². The molecule has 2 aromatic carbocycles. The smallest absolute Gasteiger partial charge is 0.137 e. The molecular weight excluding hydrogens is 286 g/mol. The quantitative estimate of drug-likeness (QED) is 0.876. The van der Waals surface area contributed by atoms with Crippen molar-refractivity contribution in [2.75, 3.05) is 19.5 Å². The SMILES string of the molecule is COc1ccc(CNc2ccc(C)c(OC)c2C)cc1Cl. The van der Waals surface area contributed by atoms with Crippen molar-refractivity contribution in [3.63, 3.8) is 0 Å². The van der Waals surface area contributed by atoms with Crippen molar-refractivity contribution in [3.8, 4) is 11.5 Å². The van der Waals surface area contributed by atoms with Crippen LogP contribution in [-0.2, 0) is 6.54 Å². The van der Waals surface area contributed by atoms with E-state index in [1.807, 2.05) is 25.1 Å². The summed E-state index contributed by atoms with van der Waals surface area (Å²) in [5.41, 5.74) is 4.40. The largest absolute Gasteiger partial charge is 0.496 e. The van der Waals surface area contributed by atoms with E-state index in [1.165, 1.54) is 0 Å². The van der Waals surface area contributed by atoms with Crippen LogP contribution in [0.15, 0.2) is 30.3 Å². The molecular formula is C17H20ClNO2. The summed E-state index contributed by atoms with van der Waals surface area (Å²) in [6.45, 7) is 4.78. The summed E-state index contributed by atoms with van der Waals surface area (Å²) in [6.07, 6.45) is 0. The van der Waals surface area contributed by atoms with Crippen molar-refractivity contribution in [1.82, 2.24) is 0 Å². The molecule has 0 saturated carbocycles. The fourth-order valence-corrected chi connectivity index (χ4v) is 2.63. The third-order valence-corrected chi connectivity index (χ3v) is 3.80. The maximum Gasteiger partial charge on any atom is 0.137 e. The van der Waals surface area contributed by atoms with Gasteiger partial charge in [0.1, 0.15) is 11.5 Å². The first kappa shape index (κ1) is 15.5. The fraction of sp³-hybridized carbons (Fsp3) is 0.294. The summed E-state index contributed by atoms with van der Waals surface area (Å²) in [5, 5.41) is 4.04. The van der Waals surface area contributed by atoms with Gasteiger partial charge >= 0.3 is 0 Å². The van der Waals surface area contributed by atoms with Crippen LogP contribution in [0, 0.1) is 13.8 Å². The zero-order valence-electron chi connectivity index (χ0n) is 12.8. The Balaban J connectivity index is 2.15. The summed E-state index contributed by atoms with van der Waals surface area (Å²) in [6, 6.07) is 9.90. The van der Waals surface area contributed by atoms with E-state index in [0.717, 1.165) is 28.1 Å². The summed E-state index contributed by atoms with van der Waals surface area (Å²) in [5.74, 6) is 1.61. The number of ether oxygens (including phenoxy) is 2. The van der Waals surface area contributed by atoms with Gasteiger partial charge in [-0.25, -0.2) is 0 Å². The molecule has 4 heteroatoms. The van der Waals surface area contributed by atoms with Gasteiger partial charge in [-0.05, 0) is 43.2 Å². The standard InChI is InChI=1S/C17H20ClNO2/c1-11-5-7-15(12(2)17(11)21-4)19-10-13-6-8-16(20-3)14(18)9-13/h5-9,19H,10H2,1-4H3. The second-order valence-corrected chi connectivity index (χ2v) is 5.32. The highest BCUT2D eigenvalue weighted by atomic mass is 35.5. The van der Waals surface area contributed by atoms with Gasteiger partial charge in [0.15, 0.2) is 0 Å². The van der Waals surface area contributed by atoms with E-state index < -0.39 is 0 Å². The highest BCUT2D eigenvalue weighted by Gasteiger charge is 2.08. The maximum absolute atomic E-state index is 6.14. The number of rotatable bonds is 5. The van der Waals surface area contributed by atoms with E-state index >= 15 is 0 Å². The van der Waals surface area contributed by atoms with Gasteiger partial charge in [-0.2, -0.15) is 0 Å². The summed E-state index contributed by atoms with van der Waals surface area (Å²) < 4.78 is 10.6. The van der Waals surface area contributed by atoms with Crippen LogP contribution in [0.2, 0.25) is 5.02 Å². The lowest BCUT2D eigenvalue weighted by Gasteiger charge is -2.15. The van der Waals surface area contributed by atoms with Crippen LogP contribution in [0.1, 0.15) is 16.7 Å². The Labute approximate surface area is 130 Å². The van der Waals surface area contributed by atoms with Crippen LogP contribution in [-0.4, -0.2) is 14.2 Å². The second kappa shape index (κ2) is 6.72. The Bertz CT molecular complexity index is 641. The molecule has 0 aromatic heterocycles. The zero-order valence-corrected chi connectivity index (χ0v) is 13.5. The minimum absolute atomic E-state index is 0.620. The van der Waals surface area contributed by atoms with Crippen LogP contribution in [0.3, 0.4) is 0 Å². The Morgan fingerprint density at radius 1 is 1.05 bits per heavy atom. The van der Waals surface area contributed by atoms with Gasteiger partial charge in [0.25, 0.3) is 0 Å². The number of aryl methyl sites for hydroxylation is 1. The van der Waals surface area contributed by atoms with E-state index in [1.54, 1.807) is 14.2 Å². The van der Waals surface area contributed by atoms with Crippen molar-refractivity contribution in [3.05, 3.63) is 52.0 Å². The number of benzene rings is 2. The lowest BCUT2D eigenvalue weighted by atomic mass is 10.1. The maximum atomic E-state index is 6.14. The summed E-state index contributed by atoms with van der Waals surface area (Å²) in [7, 11) is 3.31. The van der Waals surface area contributed by atoms with Crippen molar-refractivity contribution in [2.24, 2.45) is 0 Å². The van der Waals surface area contributed by atoms with Gasteiger partial charge in [-0.1, -0.05) is 23.7 Å². The molecule has 0 aliphatic heterocycles. The highest BCUT2D eigenvalue weighted by molar-refractivity contribution is 6.32. The average Bonchev–Trinajstić information content (AvgIpc) is 2.47. The third kappa shape index (κ3) is 3.42. The number of hydrogen-bond acceptors (Lipinski definition) is 3. The molecule has 1 N–H and O–H groups in total. The Hall–Kier alpha value is -1.87. The summed E-state index contributed by atoms with van der Waals surface area (Å²) >= 11 is 6.14. The summed E-state index contributed by atoms with van der Waals surface area (Å²) in [4.78, 5) is 0. The molecule has 0 heterocycles. The molecule has 0 bridgehead atoms. The number of hydrogen-bond donors (Lipinski definition) is 1. The van der Waals surface area contributed by atoms with Crippen molar-refractivity contribution in [1.29, 1.82) is 0 Å². The van der Waals surface area contributed by atoms with Gasteiger partial charge in [-0.15, -0.1) is 0 Å². The first-order chi connectivity index (χ1) is 10.1. The van der Waals surface area contributed by atoms with Crippen molar-refractivity contribution in [2.45, 2.75) is 20.4 Å². The first-order valence-corrected chi connectivity index (χ1v) is 7.15. The predicted octanol–water partition coefficient (Wildman–Crippen LogP) is 4.59. The van der Waals surface area contributed by atoms with Crippen LogP contribution in [0.5, 0.6) is 11.5 Å². The Morgan fingerprint density at radius 2 is 1.81 bits per heavy atom. The molecule has 0 aliphatic carbocycles. The molecule has 0 atom stereocenters. The predicted molar refractivity (Wildman–Crippen MR) is 87.8 cm³/mol. The number of anilines is 1. The molecule has 2 rings (SSSR count). The molecule has 112 valence electrons. The fourth-order valence-electron chi connectivity index (χ4n) is 2.35. The van der Waals surface area contributed by atoms with Crippen LogP contribution in [0.25, 0.3) is 0 Å². The molecule has 0 aliphatic rings. The molecule has 3 nitrogen and oxygen atoms in total. The molecule has 0 radical (unpaired) electrons. The highest BCUT2D eigenvalue weighted by Crippen LogP contribution is 2.30. The lowest BCUT2D eigenvalue weighted by Crippen LogP contribution is -2.03. The van der Waals surface area contributed by atoms with E-state index in [-0.39, 0.29) is 0 Å². The number of halogens is 1. The van der Waals surface area contributed by atoms with E-state index in [4.69, 9.17) is 21.1 Å². The minimum Gasteiger partial charge on any atom is -0.496 e. The molecule has 0 saturated heterocycles. The monoisotopic (exact) mass is 305 g/mol. The van der Waals surface area contributed by atoms with Crippen LogP contribution >= 0.6 is 11.6 Å². The first-order valence-electron chi connectivity index (χ1n) is 6.77. The molecule has 0 spiro atoms. The average molecular weight is 306 g/mol. The van der Waals surface area contributed by atoms with Gasteiger partial charge in [0.2, 0.25) is 0 Å². The van der Waals surface area contributed by atoms with E-state index in [2.05, 4.69) is 24.4 Å². The minimum atomic E-state index is 0.620. The van der Waals surface area contributed by atoms with Gasteiger partial charge in [-0.3, -0.25) is 0 Å². The number of methoxy groups -OCH3 is 2. The molecule has 2 aromatic rings. The van der Waals surface area contributed by atoms with Crippen LogP contribution < -0.4 is 14.8 Å². The second-order valence-electron chi connectivity index (χ2n) is 4.91. The zero-order chi connectivity index (χ0) is 15.4. The topological polar surface area (TPSA) is 30.5 Å². The van der Waals surface area contributed by atoms with Gasteiger partial charge in [0, 0.05) is 17.8 Å². The van der Waals surface area contributed by atoms with E-state index in [9.17, 15) is 0 Å². The van der Waals surface area contributed by atoms with Gasteiger partial charge in [0.05, 0.1) is 19.2 Å². The van der Waals surface area contributed by atoms with Crippen LogP contribution in [0.4, 0.5) is 5.69 Å². The Kier molecular flexibility index (Phi) is 4.97.